The van der Waals surface area contributed by atoms with Crippen molar-refractivity contribution in [1.29, 1.82) is 0 Å². The molecule has 0 spiro atoms. The van der Waals surface area contributed by atoms with E-state index in [4.69, 9.17) is 10.9 Å². The van der Waals surface area contributed by atoms with Crippen LogP contribution in [0.15, 0.2) is 17.3 Å². The molecule has 0 bridgehead atoms. The second-order valence-electron chi connectivity index (χ2n) is 5.29. The van der Waals surface area contributed by atoms with E-state index in [-0.39, 0.29) is 5.84 Å². The van der Waals surface area contributed by atoms with Crippen molar-refractivity contribution in [3.8, 4) is 0 Å². The van der Waals surface area contributed by atoms with Gasteiger partial charge in [0.2, 0.25) is 0 Å². The molecule has 104 valence electrons. The normalized spacial score (nSPS) is 19.5. The molecule has 4 N–H and O–H groups in total. The third kappa shape index (κ3) is 2.96. The summed E-state index contributed by atoms with van der Waals surface area (Å²) >= 11 is 0. The molecule has 1 aliphatic rings. The summed E-state index contributed by atoms with van der Waals surface area (Å²) in [6.45, 7) is 5.16. The molecule has 1 fully saturated rings. The molecule has 2 rings (SSSR count). The first-order chi connectivity index (χ1) is 8.93. The van der Waals surface area contributed by atoms with Gasteiger partial charge >= 0.3 is 0 Å². The maximum absolute atomic E-state index is 9.98. The third-order valence-electron chi connectivity index (χ3n) is 3.54. The van der Waals surface area contributed by atoms with E-state index in [2.05, 4.69) is 15.0 Å². The Bertz CT molecular complexity index is 489. The largest absolute Gasteiger partial charge is 0.409 e. The Balaban J connectivity index is 2.31. The zero-order valence-electron chi connectivity index (χ0n) is 11.3. The molecule has 6 heteroatoms. The number of oxime groups is 1. The number of hydrogen-bond donors (Lipinski definition) is 3. The highest BCUT2D eigenvalue weighted by molar-refractivity contribution is 6.01. The van der Waals surface area contributed by atoms with E-state index in [0.29, 0.717) is 37.3 Å². The van der Waals surface area contributed by atoms with Gasteiger partial charge in [0, 0.05) is 18.8 Å². The number of pyridine rings is 1. The van der Waals surface area contributed by atoms with Gasteiger partial charge in [-0.25, -0.2) is 4.98 Å². The smallest absolute Gasteiger partial charge is 0.173 e. The standard InChI is InChI=1S/C13H20N4O2/c1-9-3-4-10(11(14)16-19)12(15-9)17-7-5-13(2,18)6-8-17/h3-4,18-19H,5-8H2,1-2H3,(H2,14,16). The lowest BCUT2D eigenvalue weighted by Crippen LogP contribution is -2.43. The maximum Gasteiger partial charge on any atom is 0.173 e. The number of piperidine rings is 1. The molecular weight excluding hydrogens is 244 g/mol. The van der Waals surface area contributed by atoms with Crippen LogP contribution in [0.2, 0.25) is 0 Å². The number of aryl methyl sites for hydroxylation is 1. The summed E-state index contributed by atoms with van der Waals surface area (Å²) in [6.07, 6.45) is 1.36. The topological polar surface area (TPSA) is 95.0 Å². The monoisotopic (exact) mass is 264 g/mol. The Morgan fingerprint density at radius 1 is 1.42 bits per heavy atom. The number of aromatic nitrogens is 1. The van der Waals surface area contributed by atoms with Crippen LogP contribution in [0.5, 0.6) is 0 Å². The van der Waals surface area contributed by atoms with Gasteiger partial charge < -0.3 is 20.9 Å². The molecule has 0 aromatic carbocycles. The number of rotatable bonds is 2. The van der Waals surface area contributed by atoms with Crippen molar-refractivity contribution in [2.75, 3.05) is 18.0 Å². The lowest BCUT2D eigenvalue weighted by molar-refractivity contribution is 0.0350. The molecule has 0 unspecified atom stereocenters. The lowest BCUT2D eigenvalue weighted by Gasteiger charge is -2.37. The average Bonchev–Trinajstić information content (AvgIpc) is 2.38. The summed E-state index contributed by atoms with van der Waals surface area (Å²) in [4.78, 5) is 6.55. The molecule has 1 aliphatic heterocycles. The van der Waals surface area contributed by atoms with Crippen LogP contribution >= 0.6 is 0 Å². The Labute approximate surface area is 112 Å². The Kier molecular flexibility index (Phi) is 3.61. The number of amidine groups is 1. The average molecular weight is 264 g/mol. The number of nitrogens with two attached hydrogens (primary N) is 1. The zero-order chi connectivity index (χ0) is 14.0. The molecule has 1 aromatic heterocycles. The quantitative estimate of drug-likeness (QED) is 0.318. The predicted octanol–water partition coefficient (Wildman–Crippen LogP) is 0.836. The van der Waals surface area contributed by atoms with Crippen molar-refractivity contribution in [1.82, 2.24) is 4.98 Å². The van der Waals surface area contributed by atoms with Crippen molar-refractivity contribution in [2.24, 2.45) is 10.9 Å². The van der Waals surface area contributed by atoms with Gasteiger partial charge in [0.15, 0.2) is 5.84 Å². The second kappa shape index (κ2) is 5.05. The van der Waals surface area contributed by atoms with Gasteiger partial charge in [-0.2, -0.15) is 0 Å². The Morgan fingerprint density at radius 2 is 2.05 bits per heavy atom. The van der Waals surface area contributed by atoms with Gasteiger partial charge in [-0.15, -0.1) is 0 Å². The summed E-state index contributed by atoms with van der Waals surface area (Å²) < 4.78 is 0. The number of aliphatic hydroxyl groups is 1. The summed E-state index contributed by atoms with van der Waals surface area (Å²) in [5, 5.41) is 21.9. The molecule has 0 saturated carbocycles. The number of hydrogen-bond acceptors (Lipinski definition) is 5. The van der Waals surface area contributed by atoms with E-state index >= 15 is 0 Å². The zero-order valence-corrected chi connectivity index (χ0v) is 11.3. The van der Waals surface area contributed by atoms with E-state index in [9.17, 15) is 5.11 Å². The molecule has 0 aliphatic carbocycles. The third-order valence-corrected chi connectivity index (χ3v) is 3.54. The highest BCUT2D eigenvalue weighted by Crippen LogP contribution is 2.27. The Hall–Kier alpha value is -1.82. The van der Waals surface area contributed by atoms with Gasteiger partial charge in [0.1, 0.15) is 5.82 Å². The van der Waals surface area contributed by atoms with Crippen LogP contribution in [0.3, 0.4) is 0 Å². The van der Waals surface area contributed by atoms with Crippen molar-refractivity contribution in [3.05, 3.63) is 23.4 Å². The van der Waals surface area contributed by atoms with Gasteiger partial charge in [0.05, 0.1) is 11.2 Å². The first-order valence-electron chi connectivity index (χ1n) is 6.36. The Morgan fingerprint density at radius 3 is 2.63 bits per heavy atom. The molecule has 0 atom stereocenters. The lowest BCUT2D eigenvalue weighted by atomic mass is 9.93. The fourth-order valence-corrected chi connectivity index (χ4v) is 2.24. The summed E-state index contributed by atoms with van der Waals surface area (Å²) in [7, 11) is 0. The van der Waals surface area contributed by atoms with Gasteiger partial charge in [0.25, 0.3) is 0 Å². The molecule has 0 amide bonds. The molecule has 1 saturated heterocycles. The first kappa shape index (κ1) is 13.6. The first-order valence-corrected chi connectivity index (χ1v) is 6.36. The van der Waals surface area contributed by atoms with Crippen LogP contribution < -0.4 is 10.6 Å². The molecule has 1 aromatic rings. The predicted molar refractivity (Wildman–Crippen MR) is 73.6 cm³/mol. The van der Waals surface area contributed by atoms with Crippen molar-refractivity contribution in [2.45, 2.75) is 32.3 Å². The summed E-state index contributed by atoms with van der Waals surface area (Å²) in [5.74, 6) is 0.769. The van der Waals surface area contributed by atoms with Crippen molar-refractivity contribution < 1.29 is 10.3 Å². The van der Waals surface area contributed by atoms with E-state index in [1.165, 1.54) is 0 Å². The number of nitrogens with zero attached hydrogens (tertiary/aromatic N) is 3. The van der Waals surface area contributed by atoms with Crippen LogP contribution in [0.1, 0.15) is 31.0 Å². The second-order valence-corrected chi connectivity index (χ2v) is 5.29. The van der Waals surface area contributed by atoms with Gasteiger partial charge in [-0.05, 0) is 38.8 Å². The van der Waals surface area contributed by atoms with E-state index in [1.807, 2.05) is 19.9 Å². The molecule has 2 heterocycles. The maximum atomic E-state index is 9.98. The molecule has 19 heavy (non-hydrogen) atoms. The minimum absolute atomic E-state index is 0.0554. The van der Waals surface area contributed by atoms with Crippen LogP contribution in [-0.2, 0) is 0 Å². The van der Waals surface area contributed by atoms with Crippen LogP contribution in [0, 0.1) is 6.92 Å². The van der Waals surface area contributed by atoms with Crippen LogP contribution in [0.4, 0.5) is 5.82 Å². The molecule has 6 nitrogen and oxygen atoms in total. The fraction of sp³-hybridized carbons (Fsp3) is 0.538. The molecule has 0 radical (unpaired) electrons. The van der Waals surface area contributed by atoms with Crippen LogP contribution in [0.25, 0.3) is 0 Å². The van der Waals surface area contributed by atoms with Crippen LogP contribution in [-0.4, -0.2) is 39.8 Å². The van der Waals surface area contributed by atoms with E-state index < -0.39 is 5.60 Å². The SMILES string of the molecule is Cc1ccc(/C(N)=N/O)c(N2CCC(C)(O)CC2)n1. The van der Waals surface area contributed by atoms with Crippen molar-refractivity contribution >= 4 is 11.7 Å². The highest BCUT2D eigenvalue weighted by atomic mass is 16.4. The van der Waals surface area contributed by atoms with E-state index in [0.717, 1.165) is 5.69 Å². The minimum atomic E-state index is -0.614. The highest BCUT2D eigenvalue weighted by Gasteiger charge is 2.29. The number of anilines is 1. The van der Waals surface area contributed by atoms with Crippen molar-refractivity contribution in [3.63, 3.8) is 0 Å². The van der Waals surface area contributed by atoms with Gasteiger partial charge in [-0.3, -0.25) is 0 Å². The van der Waals surface area contributed by atoms with Gasteiger partial charge in [-0.1, -0.05) is 5.16 Å². The summed E-state index contributed by atoms with van der Waals surface area (Å²) in [6, 6.07) is 3.64. The van der Waals surface area contributed by atoms with E-state index in [1.54, 1.807) is 6.07 Å². The fourth-order valence-electron chi connectivity index (χ4n) is 2.24. The minimum Gasteiger partial charge on any atom is -0.409 e. The molecular formula is C13H20N4O2. The summed E-state index contributed by atoms with van der Waals surface area (Å²) in [5.41, 5.74) is 6.57.